The molecular weight excluding hydrogens is 637 g/mol. The van der Waals surface area contributed by atoms with Crippen LogP contribution in [0.5, 0.6) is 5.75 Å². The molecule has 6 atom stereocenters. The van der Waals surface area contributed by atoms with Gasteiger partial charge >= 0.3 is 5.97 Å². The molecule has 0 spiro atoms. The first-order chi connectivity index (χ1) is 22.0. The van der Waals surface area contributed by atoms with Crippen LogP contribution in [-0.4, -0.2) is 51.0 Å². The number of rotatable bonds is 8. The SMILES string of the molecule is O=C(CN(C(=O)c1ccc(Cl)c(Cl)c1)N1C(=O)[C@@H]2[C@H]3C=C[C@@H]([C@@H]4C[C@@H]34)[C@H]2C1=O)c1ccc(OC(=O)c2ccc([N+](=O)[O-])cc2)cc1. The molecule has 232 valence electrons. The summed E-state index contributed by atoms with van der Waals surface area (Å²) in [6.07, 6.45) is 5.00. The molecule has 0 aromatic heterocycles. The topological polar surface area (TPSA) is 144 Å². The monoisotopic (exact) mass is 659 g/mol. The van der Waals surface area contributed by atoms with Crippen LogP contribution in [0.25, 0.3) is 0 Å². The van der Waals surface area contributed by atoms with Gasteiger partial charge in [0.2, 0.25) is 0 Å². The van der Waals surface area contributed by atoms with Crippen LogP contribution < -0.4 is 4.74 Å². The normalized spacial score (nSPS) is 25.1. The van der Waals surface area contributed by atoms with Gasteiger partial charge in [0.1, 0.15) is 12.3 Å². The van der Waals surface area contributed by atoms with E-state index in [1.54, 1.807) is 0 Å². The van der Waals surface area contributed by atoms with E-state index >= 15 is 0 Å². The van der Waals surface area contributed by atoms with Gasteiger partial charge in [-0.2, -0.15) is 5.01 Å². The number of halogens is 2. The van der Waals surface area contributed by atoms with E-state index in [9.17, 15) is 34.1 Å². The number of benzene rings is 3. The number of allylic oxidation sites excluding steroid dienone is 2. The van der Waals surface area contributed by atoms with E-state index in [-0.39, 0.29) is 50.0 Å². The van der Waals surface area contributed by atoms with Crippen molar-refractivity contribution in [2.75, 3.05) is 6.54 Å². The number of imide groups is 1. The summed E-state index contributed by atoms with van der Waals surface area (Å²) in [7, 11) is 0. The second-order valence-electron chi connectivity index (χ2n) is 11.8. The third-order valence-corrected chi connectivity index (χ3v) is 10.0. The van der Waals surface area contributed by atoms with Crippen molar-refractivity contribution in [1.29, 1.82) is 0 Å². The Morgan fingerprint density at radius 3 is 1.96 bits per heavy atom. The molecule has 8 rings (SSSR count). The Hall–Kier alpha value is -4.87. The van der Waals surface area contributed by atoms with Crippen LogP contribution in [-0.2, 0) is 9.59 Å². The highest BCUT2D eigenvalue weighted by Crippen LogP contribution is 2.65. The molecule has 4 aliphatic carbocycles. The van der Waals surface area contributed by atoms with Crippen molar-refractivity contribution in [3.05, 3.63) is 116 Å². The quantitative estimate of drug-likeness (QED) is 0.0593. The van der Waals surface area contributed by atoms with Crippen LogP contribution in [0.15, 0.2) is 78.9 Å². The second-order valence-corrected chi connectivity index (χ2v) is 12.6. The number of carbonyl (C=O) groups is 5. The lowest BCUT2D eigenvalue weighted by Gasteiger charge is -2.37. The zero-order valence-corrected chi connectivity index (χ0v) is 25.3. The number of Topliss-reactive ketones (excluding diaryl/α,β-unsaturated/α-hetero) is 1. The fourth-order valence-corrected chi connectivity index (χ4v) is 7.31. The van der Waals surface area contributed by atoms with Gasteiger partial charge in [-0.05, 0) is 84.7 Å². The number of hydrogen-bond acceptors (Lipinski definition) is 8. The molecule has 1 heterocycles. The number of esters is 1. The molecule has 3 amide bonds. The molecular formula is C33H23Cl2N3O8. The van der Waals surface area contributed by atoms with Crippen molar-refractivity contribution < 1.29 is 33.6 Å². The Morgan fingerprint density at radius 1 is 0.826 bits per heavy atom. The number of nitrogens with zero attached hydrogens (tertiary/aromatic N) is 3. The molecule has 13 heteroatoms. The Balaban J connectivity index is 1.12. The Morgan fingerprint density at radius 2 is 1.39 bits per heavy atom. The average molecular weight is 660 g/mol. The highest BCUT2D eigenvalue weighted by atomic mass is 35.5. The molecule has 2 saturated carbocycles. The van der Waals surface area contributed by atoms with Gasteiger partial charge in [0, 0.05) is 23.3 Å². The zero-order valence-electron chi connectivity index (χ0n) is 23.7. The van der Waals surface area contributed by atoms with Crippen LogP contribution >= 0.6 is 23.2 Å². The van der Waals surface area contributed by atoms with Gasteiger partial charge in [0.25, 0.3) is 23.4 Å². The maximum Gasteiger partial charge on any atom is 0.343 e. The van der Waals surface area contributed by atoms with E-state index in [1.165, 1.54) is 66.7 Å². The molecule has 5 aliphatic rings. The van der Waals surface area contributed by atoms with Crippen molar-refractivity contribution in [2.45, 2.75) is 6.42 Å². The first-order valence-corrected chi connectivity index (χ1v) is 15.2. The third kappa shape index (κ3) is 4.96. The molecule has 46 heavy (non-hydrogen) atoms. The van der Waals surface area contributed by atoms with Gasteiger partial charge in [-0.3, -0.25) is 29.3 Å². The minimum Gasteiger partial charge on any atom is -0.423 e. The summed E-state index contributed by atoms with van der Waals surface area (Å²) in [5.74, 6) is -3.67. The maximum absolute atomic E-state index is 13.9. The summed E-state index contributed by atoms with van der Waals surface area (Å²) in [5.41, 5.74) is 0.0724. The fourth-order valence-electron chi connectivity index (χ4n) is 7.01. The number of ketones is 1. The van der Waals surface area contributed by atoms with Gasteiger partial charge < -0.3 is 4.74 Å². The molecule has 0 radical (unpaired) electrons. The standard InChI is InChI=1S/C33H23Cl2N3O8/c34-25-12-5-18(13-26(25)35)30(40)36(37-31(41)28-21-10-11-22(24-14-23(21)24)29(28)32(37)42)15-27(39)16-3-8-20(9-4-16)46-33(43)17-1-6-19(7-2-17)38(44)45/h1-13,21-24,28-29H,14-15H2/t21-,22-,23-,24-,28+,29+/m0/s1. The fraction of sp³-hybridized carbons (Fsp3) is 0.242. The van der Waals surface area contributed by atoms with E-state index < -0.39 is 52.8 Å². The van der Waals surface area contributed by atoms with Crippen LogP contribution in [0, 0.1) is 45.6 Å². The van der Waals surface area contributed by atoms with E-state index in [1.807, 2.05) is 12.2 Å². The van der Waals surface area contributed by atoms with Crippen molar-refractivity contribution in [3.63, 3.8) is 0 Å². The first kappa shape index (κ1) is 29.8. The number of non-ortho nitro benzene ring substituents is 1. The number of amides is 3. The van der Waals surface area contributed by atoms with E-state index in [4.69, 9.17) is 27.9 Å². The third-order valence-electron chi connectivity index (χ3n) is 9.28. The number of hydrazine groups is 1. The van der Waals surface area contributed by atoms with Gasteiger partial charge in [-0.15, -0.1) is 0 Å². The van der Waals surface area contributed by atoms with Gasteiger partial charge in [0.05, 0.1) is 32.4 Å². The van der Waals surface area contributed by atoms with Gasteiger partial charge in [-0.25, -0.2) is 9.80 Å². The molecule has 11 nitrogen and oxygen atoms in total. The van der Waals surface area contributed by atoms with E-state index in [0.717, 1.165) is 16.4 Å². The van der Waals surface area contributed by atoms with Crippen LogP contribution in [0.1, 0.15) is 37.5 Å². The van der Waals surface area contributed by atoms with E-state index in [2.05, 4.69) is 0 Å². The molecule has 1 aliphatic heterocycles. The number of nitro groups is 1. The predicted molar refractivity (Wildman–Crippen MR) is 163 cm³/mol. The number of nitro benzene ring substituents is 1. The lowest BCUT2D eigenvalue weighted by atomic mass is 9.63. The Bertz CT molecular complexity index is 1840. The lowest BCUT2D eigenvalue weighted by Crippen LogP contribution is -2.52. The molecule has 0 unspecified atom stereocenters. The minimum atomic E-state index is -0.772. The van der Waals surface area contributed by atoms with Crippen molar-refractivity contribution in [3.8, 4) is 5.75 Å². The summed E-state index contributed by atoms with van der Waals surface area (Å²) in [4.78, 5) is 78.0. The average Bonchev–Trinajstić information content (AvgIpc) is 3.84. The summed E-state index contributed by atoms with van der Waals surface area (Å²) in [6, 6.07) is 14.5. The largest absolute Gasteiger partial charge is 0.423 e. The zero-order chi connectivity index (χ0) is 32.4. The molecule has 1 saturated heterocycles. The molecule has 3 fully saturated rings. The van der Waals surface area contributed by atoms with Crippen molar-refractivity contribution >= 4 is 58.4 Å². The summed E-state index contributed by atoms with van der Waals surface area (Å²) in [6.45, 7) is -0.631. The van der Waals surface area contributed by atoms with Crippen LogP contribution in [0.3, 0.4) is 0 Å². The predicted octanol–water partition coefficient (Wildman–Crippen LogP) is 5.41. The molecule has 3 aromatic carbocycles. The van der Waals surface area contributed by atoms with Crippen LogP contribution in [0.2, 0.25) is 10.0 Å². The summed E-state index contributed by atoms with van der Waals surface area (Å²) < 4.78 is 5.32. The van der Waals surface area contributed by atoms with Crippen molar-refractivity contribution in [2.24, 2.45) is 35.5 Å². The molecule has 2 bridgehead atoms. The Labute approximate surface area is 271 Å². The van der Waals surface area contributed by atoms with Crippen molar-refractivity contribution in [1.82, 2.24) is 10.0 Å². The highest BCUT2D eigenvalue weighted by Gasteiger charge is 2.68. The minimum absolute atomic E-state index is 0.0371. The summed E-state index contributed by atoms with van der Waals surface area (Å²) >= 11 is 12.2. The van der Waals surface area contributed by atoms with Crippen LogP contribution in [0.4, 0.5) is 5.69 Å². The van der Waals surface area contributed by atoms with Gasteiger partial charge in [-0.1, -0.05) is 35.4 Å². The number of hydrogen-bond donors (Lipinski definition) is 0. The Kier molecular flexibility index (Phi) is 7.25. The molecule has 3 aromatic rings. The van der Waals surface area contributed by atoms with E-state index in [0.29, 0.717) is 11.8 Å². The smallest absolute Gasteiger partial charge is 0.343 e. The molecule has 0 N–H and O–H groups in total. The maximum atomic E-state index is 13.9. The second kappa shape index (κ2) is 11.2. The number of carbonyl (C=O) groups excluding carboxylic acids is 5. The highest BCUT2D eigenvalue weighted by molar-refractivity contribution is 6.42. The van der Waals surface area contributed by atoms with Gasteiger partial charge in [0.15, 0.2) is 5.78 Å². The summed E-state index contributed by atoms with van der Waals surface area (Å²) in [5, 5.41) is 12.9. The lowest BCUT2D eigenvalue weighted by molar-refractivity contribution is -0.384. The first-order valence-electron chi connectivity index (χ1n) is 14.5. The number of ether oxygens (including phenoxy) is 1.